The molecule has 86 valence electrons. The van der Waals surface area contributed by atoms with Crippen molar-refractivity contribution < 1.29 is 13.9 Å². The van der Waals surface area contributed by atoms with Gasteiger partial charge in [0, 0.05) is 6.42 Å². The standard InChI is InChI=1S/C11H22F2O/c1-8(2)6-5-7-11(12,13)10(14)9(3)4/h8-10,14H,5-7H2,1-4H3. The van der Waals surface area contributed by atoms with E-state index in [1.165, 1.54) is 0 Å². The van der Waals surface area contributed by atoms with E-state index < -0.39 is 12.0 Å². The molecule has 0 aliphatic heterocycles. The van der Waals surface area contributed by atoms with Gasteiger partial charge in [-0.25, -0.2) is 8.78 Å². The van der Waals surface area contributed by atoms with E-state index in [0.717, 1.165) is 6.42 Å². The van der Waals surface area contributed by atoms with Gasteiger partial charge >= 0.3 is 0 Å². The summed E-state index contributed by atoms with van der Waals surface area (Å²) in [5.74, 6) is -2.87. The van der Waals surface area contributed by atoms with Gasteiger partial charge in [0.05, 0.1) is 0 Å². The van der Waals surface area contributed by atoms with Crippen molar-refractivity contribution in [1.29, 1.82) is 0 Å². The average Bonchev–Trinajstić information content (AvgIpc) is 2.01. The Hall–Kier alpha value is -0.180. The molecular weight excluding hydrogens is 186 g/mol. The van der Waals surface area contributed by atoms with Gasteiger partial charge < -0.3 is 5.11 Å². The molecule has 0 saturated heterocycles. The molecule has 0 saturated carbocycles. The lowest BCUT2D eigenvalue weighted by Crippen LogP contribution is -2.37. The van der Waals surface area contributed by atoms with E-state index in [0.29, 0.717) is 12.3 Å². The predicted octanol–water partition coefficient (Wildman–Crippen LogP) is 3.46. The molecule has 0 fully saturated rings. The summed E-state index contributed by atoms with van der Waals surface area (Å²) in [6.07, 6.45) is -0.436. The Bertz CT molecular complexity index is 155. The normalized spacial score (nSPS) is 15.2. The third kappa shape index (κ3) is 4.89. The van der Waals surface area contributed by atoms with E-state index in [9.17, 15) is 13.9 Å². The summed E-state index contributed by atoms with van der Waals surface area (Å²) < 4.78 is 26.5. The summed E-state index contributed by atoms with van der Waals surface area (Å²) in [7, 11) is 0. The highest BCUT2D eigenvalue weighted by atomic mass is 19.3. The number of rotatable bonds is 6. The number of aliphatic hydroxyl groups excluding tert-OH is 1. The second-order valence-corrected chi connectivity index (χ2v) is 4.74. The molecule has 0 rings (SSSR count). The first-order valence-corrected chi connectivity index (χ1v) is 5.33. The zero-order valence-electron chi connectivity index (χ0n) is 9.56. The smallest absolute Gasteiger partial charge is 0.273 e. The van der Waals surface area contributed by atoms with E-state index in [1.807, 2.05) is 13.8 Å². The van der Waals surface area contributed by atoms with Crippen molar-refractivity contribution in [1.82, 2.24) is 0 Å². The van der Waals surface area contributed by atoms with Gasteiger partial charge in [-0.1, -0.05) is 34.1 Å². The highest BCUT2D eigenvalue weighted by Crippen LogP contribution is 2.30. The van der Waals surface area contributed by atoms with Crippen LogP contribution in [0.3, 0.4) is 0 Å². The molecule has 0 aromatic carbocycles. The Balaban J connectivity index is 3.94. The minimum Gasteiger partial charge on any atom is -0.387 e. The number of hydrogen-bond donors (Lipinski definition) is 1. The first-order chi connectivity index (χ1) is 6.27. The van der Waals surface area contributed by atoms with Crippen LogP contribution in [0.15, 0.2) is 0 Å². The third-order valence-electron chi connectivity index (χ3n) is 2.36. The van der Waals surface area contributed by atoms with Gasteiger partial charge in [0.1, 0.15) is 6.10 Å². The summed E-state index contributed by atoms with van der Waals surface area (Å²) in [5.41, 5.74) is 0. The molecule has 0 aromatic rings. The van der Waals surface area contributed by atoms with Crippen molar-refractivity contribution >= 4 is 0 Å². The minimum atomic E-state index is -2.93. The Morgan fingerprint density at radius 1 is 1.14 bits per heavy atom. The Morgan fingerprint density at radius 3 is 2.00 bits per heavy atom. The molecule has 0 bridgehead atoms. The molecule has 3 heteroatoms. The molecule has 1 N–H and O–H groups in total. The van der Waals surface area contributed by atoms with Crippen molar-refractivity contribution in [2.75, 3.05) is 0 Å². The molecule has 1 atom stereocenters. The Labute approximate surface area is 85.5 Å². The van der Waals surface area contributed by atoms with E-state index in [-0.39, 0.29) is 12.3 Å². The van der Waals surface area contributed by atoms with Crippen molar-refractivity contribution in [2.45, 2.75) is 59.0 Å². The van der Waals surface area contributed by atoms with Crippen LogP contribution >= 0.6 is 0 Å². The van der Waals surface area contributed by atoms with Crippen LogP contribution in [-0.4, -0.2) is 17.1 Å². The highest BCUT2D eigenvalue weighted by molar-refractivity contribution is 4.78. The summed E-state index contributed by atoms with van der Waals surface area (Å²) in [6.45, 7) is 7.25. The van der Waals surface area contributed by atoms with Crippen molar-refractivity contribution in [2.24, 2.45) is 11.8 Å². The molecule has 14 heavy (non-hydrogen) atoms. The summed E-state index contributed by atoms with van der Waals surface area (Å²) in [6, 6.07) is 0. The molecule has 0 heterocycles. The maximum atomic E-state index is 13.3. The fraction of sp³-hybridized carbons (Fsp3) is 1.00. The molecule has 0 amide bonds. The van der Waals surface area contributed by atoms with Gasteiger partial charge in [-0.3, -0.25) is 0 Å². The fourth-order valence-electron chi connectivity index (χ4n) is 1.38. The lowest BCUT2D eigenvalue weighted by Gasteiger charge is -2.25. The lowest BCUT2D eigenvalue weighted by molar-refractivity contribution is -0.131. The van der Waals surface area contributed by atoms with Crippen LogP contribution in [0.4, 0.5) is 8.78 Å². The molecular formula is C11H22F2O. The van der Waals surface area contributed by atoms with Crippen molar-refractivity contribution in [3.63, 3.8) is 0 Å². The first-order valence-electron chi connectivity index (χ1n) is 5.33. The number of hydrogen-bond acceptors (Lipinski definition) is 1. The van der Waals surface area contributed by atoms with Gasteiger partial charge in [-0.15, -0.1) is 0 Å². The summed E-state index contributed by atoms with van der Waals surface area (Å²) in [4.78, 5) is 0. The molecule has 0 radical (unpaired) electrons. The first kappa shape index (κ1) is 13.8. The monoisotopic (exact) mass is 208 g/mol. The zero-order chi connectivity index (χ0) is 11.4. The van der Waals surface area contributed by atoms with Gasteiger partial charge in [0.25, 0.3) is 5.92 Å². The van der Waals surface area contributed by atoms with E-state index in [1.54, 1.807) is 13.8 Å². The van der Waals surface area contributed by atoms with Crippen LogP contribution in [0.1, 0.15) is 47.0 Å². The quantitative estimate of drug-likeness (QED) is 0.708. The van der Waals surface area contributed by atoms with Crippen LogP contribution in [-0.2, 0) is 0 Å². The van der Waals surface area contributed by atoms with Crippen LogP contribution in [0.25, 0.3) is 0 Å². The van der Waals surface area contributed by atoms with Crippen molar-refractivity contribution in [3.8, 4) is 0 Å². The SMILES string of the molecule is CC(C)CCCC(F)(F)C(O)C(C)C. The largest absolute Gasteiger partial charge is 0.387 e. The maximum Gasteiger partial charge on any atom is 0.273 e. The van der Waals surface area contributed by atoms with Crippen LogP contribution in [0, 0.1) is 11.8 Å². The molecule has 0 aromatic heterocycles. The zero-order valence-corrected chi connectivity index (χ0v) is 9.56. The summed E-state index contributed by atoms with van der Waals surface area (Å²) in [5, 5.41) is 9.27. The topological polar surface area (TPSA) is 20.2 Å². The van der Waals surface area contributed by atoms with E-state index in [4.69, 9.17) is 0 Å². The predicted molar refractivity (Wildman–Crippen MR) is 54.5 cm³/mol. The number of aliphatic hydroxyl groups is 1. The number of halogens is 2. The second kappa shape index (κ2) is 5.64. The van der Waals surface area contributed by atoms with Gasteiger partial charge in [-0.2, -0.15) is 0 Å². The van der Waals surface area contributed by atoms with E-state index >= 15 is 0 Å². The van der Waals surface area contributed by atoms with Gasteiger partial charge in [0.15, 0.2) is 0 Å². The Kier molecular flexibility index (Phi) is 5.57. The highest BCUT2D eigenvalue weighted by Gasteiger charge is 2.39. The van der Waals surface area contributed by atoms with Crippen molar-refractivity contribution in [3.05, 3.63) is 0 Å². The second-order valence-electron chi connectivity index (χ2n) is 4.74. The van der Waals surface area contributed by atoms with Crippen LogP contribution in [0.5, 0.6) is 0 Å². The maximum absolute atomic E-state index is 13.3. The number of alkyl halides is 2. The minimum absolute atomic E-state index is 0.204. The van der Waals surface area contributed by atoms with Gasteiger partial charge in [0.2, 0.25) is 0 Å². The third-order valence-corrected chi connectivity index (χ3v) is 2.36. The molecule has 0 spiro atoms. The molecule has 0 aliphatic rings. The molecule has 1 unspecified atom stereocenters. The molecule has 1 nitrogen and oxygen atoms in total. The van der Waals surface area contributed by atoms with E-state index in [2.05, 4.69) is 0 Å². The summed E-state index contributed by atoms with van der Waals surface area (Å²) >= 11 is 0. The average molecular weight is 208 g/mol. The van der Waals surface area contributed by atoms with Crippen LogP contribution < -0.4 is 0 Å². The van der Waals surface area contributed by atoms with Gasteiger partial charge in [-0.05, 0) is 18.3 Å². The van der Waals surface area contributed by atoms with Crippen LogP contribution in [0.2, 0.25) is 0 Å². The Morgan fingerprint density at radius 2 is 1.64 bits per heavy atom. The lowest BCUT2D eigenvalue weighted by atomic mass is 9.95. The molecule has 0 aliphatic carbocycles. The fourth-order valence-corrected chi connectivity index (χ4v) is 1.38.